The van der Waals surface area contributed by atoms with Gasteiger partial charge in [0.05, 0.1) is 87.3 Å². The second kappa shape index (κ2) is 37.3. The third kappa shape index (κ3) is 19.1. The quantitative estimate of drug-likeness (QED) is 0.0643. The molecule has 9 saturated heterocycles. The first-order valence-corrected chi connectivity index (χ1v) is 57.8. The Hall–Kier alpha value is -6.77. The van der Waals surface area contributed by atoms with E-state index in [0.29, 0.717) is 22.4 Å². The van der Waals surface area contributed by atoms with E-state index >= 15 is 26.3 Å². The number of fused-ring (bicyclic) bond motifs is 15. The number of nitrogen functional groups attached to an aromatic ring is 6. The lowest BCUT2D eigenvalue weighted by molar-refractivity contribution is -0.0625. The van der Waals surface area contributed by atoms with E-state index in [1.54, 1.807) is 6.07 Å². The van der Waals surface area contributed by atoms with Crippen molar-refractivity contribution in [2.45, 2.75) is 146 Å². The van der Waals surface area contributed by atoms with Crippen LogP contribution in [-0.2, 0) is 142 Å². The van der Waals surface area contributed by atoms with Crippen molar-refractivity contribution in [1.29, 1.82) is 0 Å². The number of anilines is 6. The number of H-pyrrole nitrogens is 3. The zero-order valence-corrected chi connectivity index (χ0v) is 79.9. The smallest absolute Gasteiger partial charge is 0.386 e. The molecule has 21 rings (SSSR count). The van der Waals surface area contributed by atoms with Crippen LogP contribution in [0.2, 0.25) is 0 Å². The van der Waals surface area contributed by atoms with Crippen LogP contribution < -0.4 is 51.1 Å². The molecule has 0 amide bonds. The number of hydrogen-bond acceptors (Lipinski definition) is 47. The number of aromatic amines is 3. The summed E-state index contributed by atoms with van der Waals surface area (Å²) in [6.07, 6.45) is -25.6. The molecule has 9 aliphatic rings. The monoisotopic (exact) mass is 2180 g/mol. The minimum atomic E-state index is -4.46. The first-order chi connectivity index (χ1) is 63.9. The molecule has 53 nitrogen and oxygen atoms in total. The third-order valence-corrected chi connectivity index (χ3v) is 33.9. The summed E-state index contributed by atoms with van der Waals surface area (Å²) in [5.41, 5.74) is 27.4. The highest BCUT2D eigenvalue weighted by Crippen LogP contribution is 2.64. The fourth-order valence-electron chi connectivity index (χ4n) is 15.7. The Kier molecular flexibility index (Phi) is 26.8. The van der Waals surface area contributed by atoms with Gasteiger partial charge in [-0.05, 0) is 77.2 Å². The van der Waals surface area contributed by atoms with Gasteiger partial charge in [-0.15, -0.1) is 22.0 Å². The summed E-state index contributed by atoms with van der Waals surface area (Å²) in [5, 5.41) is 13.2. The number of thiol groups is 3. The summed E-state index contributed by atoms with van der Waals surface area (Å²) in [7, 11) is 0. The average molecular weight is 2180 g/mol. The van der Waals surface area contributed by atoms with Gasteiger partial charge in [-0.2, -0.15) is 24.3 Å². The Labute approximate surface area is 792 Å². The number of aromatic nitrogens is 23. The molecule has 74 heteroatoms. The maximum atomic E-state index is 16.1. The molecule has 30 atom stereocenters. The largest absolute Gasteiger partial charge is 0.397 e. The molecule has 18 N–H and O–H groups in total. The van der Waals surface area contributed by atoms with E-state index in [9.17, 15) is 33.6 Å². The van der Waals surface area contributed by atoms with Crippen molar-refractivity contribution in [3.8, 4) is 0 Å². The van der Waals surface area contributed by atoms with Gasteiger partial charge in [-0.3, -0.25) is 70.2 Å². The molecule has 726 valence electrons. The Morgan fingerprint density at radius 3 is 1.18 bits per heavy atom. The van der Waals surface area contributed by atoms with E-state index < -0.39 is 241 Å². The van der Waals surface area contributed by atoms with Crippen LogP contribution in [0.5, 0.6) is 0 Å². The summed E-state index contributed by atoms with van der Waals surface area (Å²) >= 11 is 40.1. The van der Waals surface area contributed by atoms with E-state index in [-0.39, 0.29) is 79.5 Å². The van der Waals surface area contributed by atoms with Crippen molar-refractivity contribution in [3.63, 3.8) is 0 Å². The van der Waals surface area contributed by atoms with E-state index in [2.05, 4.69) is 122 Å². The number of hydrogen-bond donors (Lipinski definition) is 15. The standard InChI is InChI=1S/C21H23F2N9O8P2S3.C20H22F2N10O9P2S2.C20H22F2N10O7P2S4/c22-10-9-4-37-42(35,44)39-14-8(38-19(11(14)23)31-5-27-12-7(24)1-2-26-16(12)31)3-36-41(34,43)40-15(10)20(45-9)32-6-28-13-17(32)29-21(25)30-18(13)33;21-9-7-3-36-42(34,44)40-13-8(39-18(10(13)22)31-5-26-11-6(23)1-2-25-15(11)31)4-37-43(35,45)41-14(9)19(38-7)32-16-12(29-30-32)17(33)28-20(24)27-16;21-9-7-3-34-40(42,43)38-13-8(37-18(10(13)22)31-5-26-11-6(23)1-2-25-15(11)31)4-35-41(44,45)39-14(9)19(36-7)32-16-12(29-30-32)17(33)28-20(24)27-16/h1-2,5-6,8-11,14-15,19-20H,3-4H2,(H2,24,26)(H,34,43)(H,35,44)(H3,25,29,30,33);1-2,5,7-10,13-14,18-19H,3-4H2,(H2,23,25)(H,34,44)(H,35,45)(H3,24,27,28,33);1-2,5,7-10,13-14,18-19H,3-4H2,(H2,23,25)(H,42,43)(H,44,45)(H3,24,27,28,33)/t8-,9-,10-,11+,14-,15-,19-,20-,41?,42?;7-,8-,9-,10+,13-,14-,18-,19-,42?,43?;7-,8-,9-,10+,13-,14-,18-,19-/m111/s1. The highest BCUT2D eigenvalue weighted by Gasteiger charge is 2.59. The number of nitrogens with one attached hydrogen (secondary N) is 3. The Balaban J connectivity index is 0.000000130. The van der Waals surface area contributed by atoms with Crippen molar-refractivity contribution in [2.24, 2.45) is 0 Å². The Bertz CT molecular complexity index is 6510. The van der Waals surface area contributed by atoms with E-state index in [1.165, 1.54) is 74.3 Å². The van der Waals surface area contributed by atoms with Crippen molar-refractivity contribution in [3.05, 3.63) is 93.2 Å². The molecule has 6 bridgehead atoms. The molecule has 9 fully saturated rings. The second-order valence-corrected chi connectivity index (χ2v) is 53.4. The zero-order chi connectivity index (χ0) is 95.5. The van der Waals surface area contributed by atoms with Crippen molar-refractivity contribution < 1.29 is 124 Å². The zero-order valence-electron chi connectivity index (χ0n) is 66.9. The molecular formula is C61H67F6N29O24P6S9. The SMILES string of the molecule is Nc1nc2c(ncn2[C@@H]2S[C@@H]3COP(O)(=S)O[C@H]4[C@H](F)[C@H](n5cnc6c(N)ccnc65)O[C@@H]4COP(O)(=S)O[C@@H]2[C@@H]3F)c(=O)[nH]1.Nc1nc2c(nnn2[C@@H]2O[C@@H]3COP(=O)(S)O[C@H]4[C@H](F)[C@H](n5cnc6c(N)ccnc65)O[C@@H]4COP(O)(=S)O[C@@H]2[C@@H]3F)c(=O)[nH]1.Nc1nc2c(nnn2[C@@H]2O[C@@H]3COP(=S)(S)O[C@H]4[C@H](F)[C@H](n5cnc6c(N)ccnc65)O[C@@H]4COP(=S)(S)O[C@@H]2[C@@H]3F)c(=O)[nH]1. The molecule has 9 aliphatic heterocycles. The molecule has 0 saturated carbocycles. The highest BCUT2D eigenvalue weighted by molar-refractivity contribution is 8.60. The number of alkyl halides is 6. The molecule has 0 aliphatic carbocycles. The molecular weight excluding hydrogens is 2110 g/mol. The van der Waals surface area contributed by atoms with Gasteiger partial charge >= 0.3 is 27.0 Å². The number of imidazole rings is 4. The summed E-state index contributed by atoms with van der Waals surface area (Å²) < 4.78 is 213. The van der Waals surface area contributed by atoms with Gasteiger partial charge in [-0.25, -0.2) is 65.8 Å². The van der Waals surface area contributed by atoms with Crippen LogP contribution in [0.25, 0.3) is 67.0 Å². The minimum absolute atomic E-state index is 0.0190. The van der Waals surface area contributed by atoms with Crippen molar-refractivity contribution >= 4 is 248 Å². The van der Waals surface area contributed by atoms with Crippen molar-refractivity contribution in [2.75, 3.05) is 74.0 Å². The summed E-state index contributed by atoms with van der Waals surface area (Å²) in [6.45, 7) is -20.8. The fourth-order valence-corrected chi connectivity index (χ4v) is 27.0. The minimum Gasteiger partial charge on any atom is -0.397 e. The predicted octanol–water partition coefficient (Wildman–Crippen LogP) is 3.55. The number of nitrogens with two attached hydrogens (primary N) is 6. The molecule has 0 aromatic carbocycles. The van der Waals surface area contributed by atoms with Gasteiger partial charge < -0.3 is 104 Å². The van der Waals surface area contributed by atoms with Crippen LogP contribution in [0, 0.1) is 0 Å². The van der Waals surface area contributed by atoms with Gasteiger partial charge in [-0.1, -0.05) is 47.2 Å². The fraction of sp³-hybridized carbons (Fsp3) is 0.492. The molecule has 0 spiro atoms. The molecule has 12 aromatic rings. The first-order valence-electron chi connectivity index (χ1n) is 38.8. The third-order valence-electron chi connectivity index (χ3n) is 21.7. The molecule has 135 heavy (non-hydrogen) atoms. The van der Waals surface area contributed by atoms with E-state index in [1.807, 2.05) is 0 Å². The predicted molar refractivity (Wildman–Crippen MR) is 486 cm³/mol. The number of thioether (sulfide) groups is 1. The Morgan fingerprint density at radius 2 is 0.726 bits per heavy atom. The normalized spacial score (nSPS) is 37.7. The molecule has 21 heterocycles. The summed E-state index contributed by atoms with van der Waals surface area (Å²) in [6, 6.07) is 4.60. The van der Waals surface area contributed by atoms with E-state index in [4.69, 9.17) is 171 Å². The highest BCUT2D eigenvalue weighted by atomic mass is 32.9. The average Bonchev–Trinajstić information content (AvgIpc) is 1.63. The first kappa shape index (κ1) is 97.1. The lowest BCUT2D eigenvalue weighted by atomic mass is 10.1. The second-order valence-electron chi connectivity index (χ2n) is 30.3. The maximum Gasteiger partial charge on any atom is 0.386 e. The maximum absolute atomic E-state index is 16.1. The number of nitrogens with zero attached hydrogens (tertiary/aromatic N) is 20. The Morgan fingerprint density at radius 1 is 0.385 bits per heavy atom. The van der Waals surface area contributed by atoms with Gasteiger partial charge in [0.2, 0.25) is 29.2 Å². The van der Waals surface area contributed by atoms with Crippen LogP contribution in [0.4, 0.5) is 61.2 Å². The number of ether oxygens (including phenoxy) is 5. The van der Waals surface area contributed by atoms with Crippen LogP contribution in [0.3, 0.4) is 0 Å². The number of rotatable bonds is 6. The van der Waals surface area contributed by atoms with Crippen molar-refractivity contribution in [1.82, 2.24) is 113 Å². The van der Waals surface area contributed by atoms with Crippen LogP contribution in [-0.4, -0.2) is 277 Å². The van der Waals surface area contributed by atoms with Crippen LogP contribution in [0.15, 0.2) is 76.5 Å². The summed E-state index contributed by atoms with van der Waals surface area (Å²) in [4.78, 5) is 118. The molecule has 12 aromatic heterocycles. The van der Waals surface area contributed by atoms with Gasteiger partial charge in [0.1, 0.15) is 95.2 Å². The van der Waals surface area contributed by atoms with Gasteiger partial charge in [0, 0.05) is 18.6 Å². The van der Waals surface area contributed by atoms with E-state index in [0.717, 1.165) is 21.1 Å². The summed E-state index contributed by atoms with van der Waals surface area (Å²) in [5.74, 6) is -0.743. The van der Waals surface area contributed by atoms with Gasteiger partial charge in [0.25, 0.3) is 16.7 Å². The number of halogens is 6. The lowest BCUT2D eigenvalue weighted by Gasteiger charge is -2.28. The lowest BCUT2D eigenvalue weighted by Crippen LogP contribution is -2.34. The number of pyridine rings is 3. The van der Waals surface area contributed by atoms with Crippen LogP contribution in [0.1, 0.15) is 36.5 Å². The van der Waals surface area contributed by atoms with Crippen LogP contribution >= 0.6 is 86.8 Å². The molecule has 0 radical (unpaired) electrons. The topological polar surface area (TPSA) is 699 Å². The molecule has 6 unspecified atom stereocenters. The van der Waals surface area contributed by atoms with Gasteiger partial charge in [0.15, 0.2) is 112 Å².